The molecule has 0 N–H and O–H groups in total. The molecular formula is C40H75NO7. The molecule has 0 saturated carbocycles. The number of carboxylic acids is 1. The second kappa shape index (κ2) is 32.3. The van der Waals surface area contributed by atoms with Crippen molar-refractivity contribution in [2.24, 2.45) is 0 Å². The van der Waals surface area contributed by atoms with Crippen molar-refractivity contribution in [3.63, 3.8) is 0 Å². The molecule has 0 aromatic rings. The molecule has 0 aromatic heterocycles. The number of carbonyl (C=O) groups excluding carboxylic acids is 3. The fourth-order valence-electron chi connectivity index (χ4n) is 5.77. The number of carboxylic acid groups (broad SMARTS) is 1. The molecule has 0 aliphatic carbocycles. The molecule has 0 aliphatic rings. The van der Waals surface area contributed by atoms with Crippen molar-refractivity contribution in [2.45, 2.75) is 187 Å². The number of likely N-dealkylation sites (N-methyl/N-ethyl adjacent to an activating group) is 1. The summed E-state index contributed by atoms with van der Waals surface area (Å²) in [6.07, 6.45) is 30.9. The second-order valence-electron chi connectivity index (χ2n) is 14.5. The van der Waals surface area contributed by atoms with Crippen molar-refractivity contribution in [1.82, 2.24) is 0 Å². The summed E-state index contributed by atoms with van der Waals surface area (Å²) >= 11 is 0. The molecule has 0 bridgehead atoms. The van der Waals surface area contributed by atoms with Crippen molar-refractivity contribution < 1.29 is 38.2 Å². The number of carbonyl (C=O) groups is 3. The molecule has 0 aromatic carbocycles. The van der Waals surface area contributed by atoms with Gasteiger partial charge in [0.05, 0.1) is 40.3 Å². The van der Waals surface area contributed by atoms with Crippen molar-refractivity contribution in [2.75, 3.05) is 41.0 Å². The molecule has 8 nitrogen and oxygen atoms in total. The molecule has 0 saturated heterocycles. The quantitative estimate of drug-likeness (QED) is 0.0286. The van der Waals surface area contributed by atoms with Gasteiger partial charge >= 0.3 is 11.9 Å². The topological polar surface area (TPSA) is 102 Å². The number of rotatable bonds is 35. The van der Waals surface area contributed by atoms with Crippen LogP contribution in [0.1, 0.15) is 174 Å². The number of unbranched alkanes of at least 4 members (excludes halogenated alkanes) is 19. The Kier molecular flexibility index (Phi) is 31.0. The summed E-state index contributed by atoms with van der Waals surface area (Å²) in [4.78, 5) is 36.6. The molecule has 0 fully saturated rings. The molecule has 2 unspecified atom stereocenters. The zero-order valence-corrected chi connectivity index (χ0v) is 31.9. The number of hydrogen-bond acceptors (Lipinski definition) is 7. The number of ether oxygens (including phenoxy) is 3. The molecule has 8 heteroatoms. The Balaban J connectivity index is 4.43. The molecular weight excluding hydrogens is 606 g/mol. The zero-order chi connectivity index (χ0) is 35.7. The van der Waals surface area contributed by atoms with Crippen molar-refractivity contribution in [3.8, 4) is 0 Å². The lowest BCUT2D eigenvalue weighted by atomic mass is 10.1. The van der Waals surface area contributed by atoms with Gasteiger partial charge in [-0.1, -0.05) is 129 Å². The van der Waals surface area contributed by atoms with Gasteiger partial charge in [-0.15, -0.1) is 0 Å². The van der Waals surface area contributed by atoms with Crippen molar-refractivity contribution in [1.29, 1.82) is 0 Å². The summed E-state index contributed by atoms with van der Waals surface area (Å²) in [7, 11) is 5.40. The van der Waals surface area contributed by atoms with Crippen LogP contribution in [-0.4, -0.2) is 75.5 Å². The Morgan fingerprint density at radius 2 is 1.04 bits per heavy atom. The fraction of sp³-hybridized carbons (Fsp3) is 0.875. The molecule has 282 valence electrons. The van der Waals surface area contributed by atoms with Crippen LogP contribution in [0.5, 0.6) is 0 Å². The average Bonchev–Trinajstić information content (AvgIpc) is 3.03. The van der Waals surface area contributed by atoms with E-state index >= 15 is 0 Å². The van der Waals surface area contributed by atoms with Crippen LogP contribution in [0, 0.1) is 0 Å². The first kappa shape index (κ1) is 46.1. The molecule has 2 atom stereocenters. The van der Waals surface area contributed by atoms with E-state index in [0.717, 1.165) is 51.4 Å². The zero-order valence-electron chi connectivity index (χ0n) is 31.9. The average molecular weight is 682 g/mol. The van der Waals surface area contributed by atoms with Crippen molar-refractivity contribution in [3.05, 3.63) is 12.2 Å². The Hall–Kier alpha value is -1.93. The molecule has 48 heavy (non-hydrogen) atoms. The lowest BCUT2D eigenvalue weighted by Gasteiger charge is -2.34. The number of allylic oxidation sites excluding steroid dienone is 2. The Morgan fingerprint density at radius 3 is 1.52 bits per heavy atom. The van der Waals surface area contributed by atoms with Crippen LogP contribution in [0.3, 0.4) is 0 Å². The smallest absolute Gasteiger partial charge is 0.306 e. The second-order valence-corrected chi connectivity index (χ2v) is 14.5. The molecule has 0 heterocycles. The number of esters is 2. The van der Waals surface area contributed by atoms with Gasteiger partial charge in [0, 0.05) is 19.3 Å². The van der Waals surface area contributed by atoms with Gasteiger partial charge in [-0.25, -0.2) is 0 Å². The first-order valence-electron chi connectivity index (χ1n) is 19.7. The van der Waals surface area contributed by atoms with Gasteiger partial charge in [-0.2, -0.15) is 0 Å². The third kappa shape index (κ3) is 30.2. The van der Waals surface area contributed by atoms with Gasteiger partial charge in [0.15, 0.2) is 6.10 Å². The van der Waals surface area contributed by atoms with Crippen LogP contribution < -0.4 is 5.11 Å². The highest BCUT2D eigenvalue weighted by Crippen LogP contribution is 2.14. The van der Waals surface area contributed by atoms with E-state index in [4.69, 9.17) is 14.2 Å². The van der Waals surface area contributed by atoms with Gasteiger partial charge in [0.1, 0.15) is 12.6 Å². The molecule has 0 aliphatic heterocycles. The monoisotopic (exact) mass is 682 g/mol. The van der Waals surface area contributed by atoms with E-state index in [0.29, 0.717) is 12.8 Å². The van der Waals surface area contributed by atoms with Gasteiger partial charge in [0.25, 0.3) is 0 Å². The van der Waals surface area contributed by atoms with E-state index in [1.54, 1.807) is 21.1 Å². The maximum atomic E-state index is 12.6. The lowest BCUT2D eigenvalue weighted by Crippen LogP contribution is -2.55. The predicted molar refractivity (Wildman–Crippen MR) is 194 cm³/mol. The predicted octanol–water partition coefficient (Wildman–Crippen LogP) is 8.63. The van der Waals surface area contributed by atoms with Crippen molar-refractivity contribution >= 4 is 17.9 Å². The minimum Gasteiger partial charge on any atom is -0.544 e. The normalized spacial score (nSPS) is 13.1. The molecule has 0 radical (unpaired) electrons. The lowest BCUT2D eigenvalue weighted by molar-refractivity contribution is -0.889. The van der Waals surface area contributed by atoms with Crippen LogP contribution in [0.15, 0.2) is 12.2 Å². The summed E-state index contributed by atoms with van der Waals surface area (Å²) < 4.78 is 17.1. The summed E-state index contributed by atoms with van der Waals surface area (Å²) in [6.45, 7) is 4.63. The van der Waals surface area contributed by atoms with E-state index in [-0.39, 0.29) is 42.7 Å². The maximum Gasteiger partial charge on any atom is 0.306 e. The Bertz CT molecular complexity index is 808. The summed E-state index contributed by atoms with van der Waals surface area (Å²) in [5.74, 6) is -1.75. The standard InChI is InChI=1S/C40H75NO7/c1-6-8-10-12-14-16-18-19-21-23-25-27-29-31-39(43)48-36(34-46-33-32-37(40(44)45)41(3,4)5)35-47-38(42)30-28-26-24-22-20-17-15-13-11-9-7-2/h19,21,36-37H,6-18,20,22-35H2,1-5H3/b21-19+. The molecule has 0 spiro atoms. The van der Waals surface area contributed by atoms with E-state index in [2.05, 4.69) is 26.0 Å². The third-order valence-corrected chi connectivity index (χ3v) is 8.90. The van der Waals surface area contributed by atoms with Crippen LogP contribution in [0.25, 0.3) is 0 Å². The first-order chi connectivity index (χ1) is 23.1. The number of nitrogens with zero attached hydrogens (tertiary/aromatic N) is 1. The highest BCUT2D eigenvalue weighted by molar-refractivity contribution is 5.70. The minimum absolute atomic E-state index is 0.0395. The SMILES string of the molecule is CCCCCCCC/C=C/CCCCCC(=O)OC(COCCC(C(=O)[O-])[N+](C)(C)C)COC(=O)CCCCCCCCCCCCC. The van der Waals surface area contributed by atoms with E-state index in [1.807, 2.05) is 0 Å². The third-order valence-electron chi connectivity index (χ3n) is 8.90. The minimum atomic E-state index is -1.13. The summed E-state index contributed by atoms with van der Waals surface area (Å²) in [5, 5.41) is 11.6. The van der Waals surface area contributed by atoms with E-state index in [1.165, 1.54) is 89.9 Å². The highest BCUT2D eigenvalue weighted by Gasteiger charge is 2.25. The molecule has 0 amide bonds. The number of quaternary nitrogens is 1. The summed E-state index contributed by atoms with van der Waals surface area (Å²) in [6, 6.07) is -0.722. The van der Waals surface area contributed by atoms with Crippen LogP contribution in [0.2, 0.25) is 0 Å². The maximum absolute atomic E-state index is 12.6. The van der Waals surface area contributed by atoms with Gasteiger partial charge in [-0.3, -0.25) is 9.59 Å². The largest absolute Gasteiger partial charge is 0.544 e. The summed E-state index contributed by atoms with van der Waals surface area (Å²) in [5.41, 5.74) is 0. The number of aliphatic carboxylic acids is 1. The Morgan fingerprint density at radius 1 is 0.604 bits per heavy atom. The van der Waals surface area contributed by atoms with Gasteiger partial charge in [0.2, 0.25) is 0 Å². The van der Waals surface area contributed by atoms with Crippen LogP contribution in [-0.2, 0) is 28.6 Å². The van der Waals surface area contributed by atoms with Crippen LogP contribution in [0.4, 0.5) is 0 Å². The highest BCUT2D eigenvalue weighted by atomic mass is 16.6. The van der Waals surface area contributed by atoms with Gasteiger partial charge < -0.3 is 28.6 Å². The number of hydrogen-bond donors (Lipinski definition) is 0. The Labute approximate surface area is 295 Å². The van der Waals surface area contributed by atoms with E-state index < -0.39 is 18.1 Å². The fourth-order valence-corrected chi connectivity index (χ4v) is 5.77. The van der Waals surface area contributed by atoms with Crippen LogP contribution >= 0.6 is 0 Å². The first-order valence-corrected chi connectivity index (χ1v) is 19.7. The van der Waals surface area contributed by atoms with Gasteiger partial charge in [-0.05, 0) is 38.5 Å². The van der Waals surface area contributed by atoms with E-state index in [9.17, 15) is 19.5 Å². The molecule has 0 rings (SSSR count).